The van der Waals surface area contributed by atoms with Crippen LogP contribution in [-0.4, -0.2) is 9.78 Å². The third-order valence-corrected chi connectivity index (χ3v) is 2.87. The Morgan fingerprint density at radius 2 is 2.23 bits per heavy atom. The zero-order valence-electron chi connectivity index (χ0n) is 6.68. The Kier molecular flexibility index (Phi) is 2.04. The molecule has 1 aromatic heterocycles. The molecule has 13 heavy (non-hydrogen) atoms. The SMILES string of the molecule is Cn1nc2ccc(Br)c(F)c2c1Cl. The van der Waals surface area contributed by atoms with E-state index in [1.54, 1.807) is 19.2 Å². The number of aromatic nitrogens is 2. The third-order valence-electron chi connectivity index (χ3n) is 1.82. The summed E-state index contributed by atoms with van der Waals surface area (Å²) in [6.07, 6.45) is 0. The van der Waals surface area contributed by atoms with Crippen LogP contribution in [-0.2, 0) is 7.05 Å². The van der Waals surface area contributed by atoms with Gasteiger partial charge in [-0.15, -0.1) is 0 Å². The Balaban J connectivity index is 2.97. The standard InChI is InChI=1S/C8H5BrClFN2/c1-13-8(10)6-5(12-13)3-2-4(9)7(6)11/h2-3H,1H3. The highest BCUT2D eigenvalue weighted by Crippen LogP contribution is 2.29. The maximum absolute atomic E-state index is 13.5. The highest BCUT2D eigenvalue weighted by Gasteiger charge is 2.13. The van der Waals surface area contributed by atoms with Gasteiger partial charge < -0.3 is 0 Å². The summed E-state index contributed by atoms with van der Waals surface area (Å²) in [5, 5.41) is 4.71. The van der Waals surface area contributed by atoms with Crippen molar-refractivity contribution in [3.63, 3.8) is 0 Å². The molecule has 0 aliphatic carbocycles. The zero-order chi connectivity index (χ0) is 9.59. The summed E-state index contributed by atoms with van der Waals surface area (Å²) >= 11 is 8.95. The highest BCUT2D eigenvalue weighted by atomic mass is 79.9. The van der Waals surface area contributed by atoms with Gasteiger partial charge in [0.25, 0.3) is 0 Å². The van der Waals surface area contributed by atoms with Crippen LogP contribution in [0.2, 0.25) is 5.15 Å². The average molecular weight is 263 g/mol. The van der Waals surface area contributed by atoms with Crippen molar-refractivity contribution in [2.75, 3.05) is 0 Å². The summed E-state index contributed by atoms with van der Waals surface area (Å²) in [5.41, 5.74) is 0.563. The lowest BCUT2D eigenvalue weighted by Gasteiger charge is -1.94. The van der Waals surface area contributed by atoms with E-state index in [9.17, 15) is 4.39 Å². The molecular formula is C8H5BrClFN2. The van der Waals surface area contributed by atoms with E-state index in [0.717, 1.165) is 0 Å². The molecule has 0 saturated carbocycles. The monoisotopic (exact) mass is 262 g/mol. The van der Waals surface area contributed by atoms with Crippen LogP contribution in [0.4, 0.5) is 4.39 Å². The molecule has 0 bridgehead atoms. The molecule has 0 spiro atoms. The summed E-state index contributed by atoms with van der Waals surface area (Å²) in [6, 6.07) is 3.33. The number of benzene rings is 1. The lowest BCUT2D eigenvalue weighted by Crippen LogP contribution is -1.87. The van der Waals surface area contributed by atoms with Crippen LogP contribution in [0.15, 0.2) is 16.6 Å². The summed E-state index contributed by atoms with van der Waals surface area (Å²) in [5.74, 6) is -0.365. The first-order valence-corrected chi connectivity index (χ1v) is 4.74. The number of hydrogen-bond acceptors (Lipinski definition) is 1. The molecule has 2 aromatic rings. The summed E-state index contributed by atoms with van der Waals surface area (Å²) in [7, 11) is 1.68. The van der Waals surface area contributed by atoms with Crippen molar-refractivity contribution in [2.45, 2.75) is 0 Å². The molecule has 0 amide bonds. The summed E-state index contributed by atoms with van der Waals surface area (Å²) in [6.45, 7) is 0. The van der Waals surface area contributed by atoms with Crippen LogP contribution in [0.5, 0.6) is 0 Å². The smallest absolute Gasteiger partial charge is 0.149 e. The van der Waals surface area contributed by atoms with Crippen molar-refractivity contribution < 1.29 is 4.39 Å². The van der Waals surface area contributed by atoms with Crippen molar-refractivity contribution in [3.05, 3.63) is 27.6 Å². The molecule has 1 heterocycles. The maximum atomic E-state index is 13.5. The molecule has 0 aliphatic rings. The van der Waals surface area contributed by atoms with Gasteiger partial charge in [-0.3, -0.25) is 4.68 Å². The Labute approximate surface area is 87.4 Å². The van der Waals surface area contributed by atoms with E-state index < -0.39 is 0 Å². The minimum absolute atomic E-state index is 0.314. The van der Waals surface area contributed by atoms with Gasteiger partial charge in [0.2, 0.25) is 0 Å². The van der Waals surface area contributed by atoms with Gasteiger partial charge in [-0.25, -0.2) is 4.39 Å². The fourth-order valence-corrected chi connectivity index (χ4v) is 1.74. The molecule has 0 fully saturated rings. The van der Waals surface area contributed by atoms with E-state index in [1.807, 2.05) is 0 Å². The first kappa shape index (κ1) is 8.97. The first-order chi connectivity index (χ1) is 6.11. The minimum Gasteiger partial charge on any atom is -0.256 e. The van der Waals surface area contributed by atoms with Crippen molar-refractivity contribution in [1.82, 2.24) is 9.78 Å². The third kappa shape index (κ3) is 1.25. The lowest BCUT2D eigenvalue weighted by molar-refractivity contribution is 0.633. The van der Waals surface area contributed by atoms with Crippen LogP contribution in [0, 0.1) is 5.82 Å². The van der Waals surface area contributed by atoms with Crippen molar-refractivity contribution in [3.8, 4) is 0 Å². The van der Waals surface area contributed by atoms with Crippen molar-refractivity contribution in [1.29, 1.82) is 0 Å². The second-order valence-corrected chi connectivity index (χ2v) is 3.88. The predicted molar refractivity (Wildman–Crippen MR) is 53.4 cm³/mol. The van der Waals surface area contributed by atoms with Gasteiger partial charge in [0, 0.05) is 7.05 Å². The Hall–Kier alpha value is -0.610. The second kappa shape index (κ2) is 2.96. The normalized spacial score (nSPS) is 11.1. The van der Waals surface area contributed by atoms with Gasteiger partial charge in [0.05, 0.1) is 15.4 Å². The molecule has 1 aromatic carbocycles. The molecule has 0 N–H and O–H groups in total. The second-order valence-electron chi connectivity index (χ2n) is 2.67. The molecule has 0 atom stereocenters. The van der Waals surface area contributed by atoms with Crippen molar-refractivity contribution in [2.24, 2.45) is 7.05 Å². The molecule has 0 aliphatic heterocycles. The minimum atomic E-state index is -0.365. The highest BCUT2D eigenvalue weighted by molar-refractivity contribution is 9.10. The maximum Gasteiger partial charge on any atom is 0.149 e. The Morgan fingerprint density at radius 1 is 1.54 bits per heavy atom. The van der Waals surface area contributed by atoms with Crippen LogP contribution in [0.3, 0.4) is 0 Å². The molecular weight excluding hydrogens is 258 g/mol. The number of aryl methyl sites for hydroxylation is 1. The number of hydrogen-bond donors (Lipinski definition) is 0. The number of fused-ring (bicyclic) bond motifs is 1. The Bertz CT molecular complexity index is 480. The molecule has 68 valence electrons. The molecule has 2 nitrogen and oxygen atoms in total. The first-order valence-electron chi connectivity index (χ1n) is 3.57. The van der Waals surface area contributed by atoms with E-state index in [1.165, 1.54) is 4.68 Å². The van der Waals surface area contributed by atoms with Gasteiger partial charge in [-0.05, 0) is 28.1 Å². The quantitative estimate of drug-likeness (QED) is 0.714. The van der Waals surface area contributed by atoms with Gasteiger partial charge in [0.15, 0.2) is 0 Å². The number of rotatable bonds is 0. The molecule has 0 saturated heterocycles. The van der Waals surface area contributed by atoms with Crippen LogP contribution in [0.1, 0.15) is 0 Å². The largest absolute Gasteiger partial charge is 0.256 e. The number of nitrogens with zero attached hydrogens (tertiary/aromatic N) is 2. The van der Waals surface area contributed by atoms with Gasteiger partial charge in [-0.2, -0.15) is 5.10 Å². The number of halogens is 3. The van der Waals surface area contributed by atoms with E-state index in [0.29, 0.717) is 20.5 Å². The average Bonchev–Trinajstić information content (AvgIpc) is 2.37. The Morgan fingerprint density at radius 3 is 2.92 bits per heavy atom. The van der Waals surface area contributed by atoms with E-state index >= 15 is 0 Å². The van der Waals surface area contributed by atoms with Crippen LogP contribution in [0.25, 0.3) is 10.9 Å². The molecule has 2 rings (SSSR count). The van der Waals surface area contributed by atoms with E-state index in [2.05, 4.69) is 21.0 Å². The predicted octanol–water partition coefficient (Wildman–Crippen LogP) is 3.13. The molecule has 0 unspecified atom stereocenters. The van der Waals surface area contributed by atoms with Gasteiger partial charge in [0.1, 0.15) is 11.0 Å². The van der Waals surface area contributed by atoms with Gasteiger partial charge in [-0.1, -0.05) is 11.6 Å². The van der Waals surface area contributed by atoms with Crippen LogP contribution < -0.4 is 0 Å². The van der Waals surface area contributed by atoms with E-state index in [4.69, 9.17) is 11.6 Å². The zero-order valence-corrected chi connectivity index (χ0v) is 9.02. The summed E-state index contributed by atoms with van der Waals surface area (Å²) < 4.78 is 15.3. The fraction of sp³-hybridized carbons (Fsp3) is 0.125. The van der Waals surface area contributed by atoms with E-state index in [-0.39, 0.29) is 5.82 Å². The summed E-state index contributed by atoms with van der Waals surface area (Å²) in [4.78, 5) is 0. The molecule has 5 heteroatoms. The topological polar surface area (TPSA) is 17.8 Å². The van der Waals surface area contributed by atoms with Crippen LogP contribution >= 0.6 is 27.5 Å². The molecule has 0 radical (unpaired) electrons. The lowest BCUT2D eigenvalue weighted by atomic mass is 10.2. The van der Waals surface area contributed by atoms with Crippen molar-refractivity contribution >= 4 is 38.4 Å². The van der Waals surface area contributed by atoms with Gasteiger partial charge >= 0.3 is 0 Å². The fourth-order valence-electron chi connectivity index (χ4n) is 1.19.